The summed E-state index contributed by atoms with van der Waals surface area (Å²) in [5, 5.41) is 3.83. The topological polar surface area (TPSA) is 72.9 Å². The fourth-order valence-corrected chi connectivity index (χ4v) is 4.79. The third-order valence-electron chi connectivity index (χ3n) is 6.49. The van der Waals surface area contributed by atoms with Crippen molar-refractivity contribution in [3.05, 3.63) is 101 Å². The van der Waals surface area contributed by atoms with Crippen molar-refractivity contribution >= 4 is 17.5 Å². The van der Waals surface area contributed by atoms with Gasteiger partial charge in [-0.2, -0.15) is 0 Å². The normalized spacial score (nSPS) is 20.0. The number of rotatable bonds is 12. The Hall–Kier alpha value is -2.81. The number of hydrogen-bond donors (Lipinski definition) is 1. The lowest BCUT2D eigenvalue weighted by atomic mass is 9.82. The minimum Gasteiger partial charge on any atom is -0.354 e. The van der Waals surface area contributed by atoms with Crippen LogP contribution in [0.4, 0.5) is 0 Å². The first-order valence-electron chi connectivity index (χ1n) is 12.0. The number of likely N-dealkylation sites (tertiary alicyclic amines) is 1. The Kier molecular flexibility index (Phi) is 9.07. The minimum atomic E-state index is -0.659. The van der Waals surface area contributed by atoms with Crippen LogP contribution in [-0.4, -0.2) is 48.7 Å². The van der Waals surface area contributed by atoms with Gasteiger partial charge in [0.2, 0.25) is 5.91 Å². The number of carbonyl (C=O) groups excluding carboxylic acids is 1. The second-order valence-corrected chi connectivity index (χ2v) is 9.21. The second kappa shape index (κ2) is 12.4. The van der Waals surface area contributed by atoms with Crippen molar-refractivity contribution in [1.82, 2.24) is 15.2 Å². The van der Waals surface area contributed by atoms with Gasteiger partial charge < -0.3 is 14.2 Å². The molecule has 190 valence electrons. The number of pyridine rings is 1. The van der Waals surface area contributed by atoms with E-state index >= 15 is 0 Å². The highest BCUT2D eigenvalue weighted by Gasteiger charge is 2.54. The molecule has 8 heteroatoms. The van der Waals surface area contributed by atoms with Crippen LogP contribution in [0, 0.1) is 5.92 Å². The van der Waals surface area contributed by atoms with E-state index in [2.05, 4.69) is 10.3 Å². The number of carbonyl (C=O) groups is 1. The van der Waals surface area contributed by atoms with Crippen LogP contribution in [-0.2, 0) is 32.0 Å². The predicted octanol–water partition coefficient (Wildman–Crippen LogP) is 4.57. The van der Waals surface area contributed by atoms with Gasteiger partial charge in [-0.1, -0.05) is 72.3 Å². The zero-order chi connectivity index (χ0) is 25.5. The number of aromatic nitrogens is 1. The smallest absolute Gasteiger partial charge is 0.231 e. The predicted molar refractivity (Wildman–Crippen MR) is 138 cm³/mol. The molecule has 0 saturated carbocycles. The Morgan fingerprint density at radius 3 is 2.33 bits per heavy atom. The van der Waals surface area contributed by atoms with E-state index in [1.807, 2.05) is 73.7 Å². The molecule has 5 atom stereocenters. The van der Waals surface area contributed by atoms with Gasteiger partial charge in [-0.05, 0) is 42.2 Å². The number of nitrogens with one attached hydrogen (secondary N) is 1. The Morgan fingerprint density at radius 1 is 1.00 bits per heavy atom. The fourth-order valence-electron chi connectivity index (χ4n) is 4.59. The summed E-state index contributed by atoms with van der Waals surface area (Å²) >= 11 is 6.10. The van der Waals surface area contributed by atoms with Crippen molar-refractivity contribution in [2.24, 2.45) is 5.92 Å². The molecular formula is C28H32ClN3O4. The molecule has 1 aliphatic rings. The Balaban J connectivity index is 1.56. The molecule has 1 amide bonds. The van der Waals surface area contributed by atoms with Crippen molar-refractivity contribution < 1.29 is 19.0 Å². The molecule has 1 saturated heterocycles. The summed E-state index contributed by atoms with van der Waals surface area (Å²) in [5.41, 5.74) is 3.04. The van der Waals surface area contributed by atoms with Gasteiger partial charge in [-0.15, -0.1) is 0 Å². The van der Waals surface area contributed by atoms with Crippen LogP contribution >= 0.6 is 11.6 Å². The molecule has 1 fully saturated rings. The standard InChI is InChI=1S/C28H32ClN3O4/c1-19(22-12-8-5-9-13-22)31-28(35-3)32-25(27(34-2)36-18-20-10-6-4-7-11-20)23(26(32)33)16-21-14-15-30-24(29)17-21/h4-15,17,19,23,25,27-28,31H,16,18H2,1-3H3/t19?,23-,25?,27?,28?/m1/s1. The van der Waals surface area contributed by atoms with E-state index in [0.717, 1.165) is 16.7 Å². The highest BCUT2D eigenvalue weighted by Crippen LogP contribution is 2.36. The van der Waals surface area contributed by atoms with E-state index in [-0.39, 0.29) is 23.9 Å². The van der Waals surface area contributed by atoms with E-state index in [1.54, 1.807) is 31.4 Å². The molecule has 4 rings (SSSR count). The highest BCUT2D eigenvalue weighted by molar-refractivity contribution is 6.29. The van der Waals surface area contributed by atoms with Crippen LogP contribution in [0.25, 0.3) is 0 Å². The fraction of sp³-hybridized carbons (Fsp3) is 0.357. The lowest BCUT2D eigenvalue weighted by Gasteiger charge is -2.52. The third kappa shape index (κ3) is 6.11. The number of ether oxygens (including phenoxy) is 3. The SMILES string of the molecule is COC(OCc1ccccc1)C1[C@@H](Cc2ccnc(Cl)c2)C(=O)N1C(NC(C)c1ccccc1)OC. The lowest BCUT2D eigenvalue weighted by Crippen LogP contribution is -2.72. The van der Waals surface area contributed by atoms with Crippen molar-refractivity contribution in [2.75, 3.05) is 14.2 Å². The maximum absolute atomic E-state index is 13.5. The van der Waals surface area contributed by atoms with E-state index in [0.29, 0.717) is 18.2 Å². The molecule has 2 heterocycles. The van der Waals surface area contributed by atoms with Gasteiger partial charge in [-0.3, -0.25) is 15.0 Å². The molecule has 0 aliphatic carbocycles. The number of methoxy groups -OCH3 is 2. The number of amides is 1. The van der Waals surface area contributed by atoms with Crippen LogP contribution in [0.15, 0.2) is 79.0 Å². The number of nitrogens with zero attached hydrogens (tertiary/aromatic N) is 2. The Bertz CT molecular complexity index is 1120. The monoisotopic (exact) mass is 509 g/mol. The van der Waals surface area contributed by atoms with Crippen LogP contribution in [0.1, 0.15) is 29.7 Å². The summed E-state index contributed by atoms with van der Waals surface area (Å²) in [6, 6.07) is 23.1. The number of β-lactam (4-membered cyclic amide) rings is 1. The molecule has 36 heavy (non-hydrogen) atoms. The average Bonchev–Trinajstić information content (AvgIpc) is 2.91. The van der Waals surface area contributed by atoms with Gasteiger partial charge in [0.25, 0.3) is 0 Å². The molecular weight excluding hydrogens is 478 g/mol. The Labute approximate surface area is 217 Å². The molecule has 0 radical (unpaired) electrons. The van der Waals surface area contributed by atoms with E-state index in [4.69, 9.17) is 25.8 Å². The first kappa shape index (κ1) is 26.3. The van der Waals surface area contributed by atoms with Crippen LogP contribution in [0.2, 0.25) is 5.15 Å². The molecule has 0 bridgehead atoms. The largest absolute Gasteiger partial charge is 0.354 e. The summed E-state index contributed by atoms with van der Waals surface area (Å²) in [7, 11) is 3.18. The molecule has 1 aliphatic heterocycles. The van der Waals surface area contributed by atoms with Crippen molar-refractivity contribution in [2.45, 2.75) is 44.7 Å². The summed E-state index contributed by atoms with van der Waals surface area (Å²) in [6.45, 7) is 2.40. The molecule has 0 spiro atoms. The maximum atomic E-state index is 13.5. The zero-order valence-electron chi connectivity index (χ0n) is 20.7. The van der Waals surface area contributed by atoms with Gasteiger partial charge in [0.15, 0.2) is 12.6 Å². The molecule has 7 nitrogen and oxygen atoms in total. The first-order valence-corrected chi connectivity index (χ1v) is 12.3. The van der Waals surface area contributed by atoms with Crippen LogP contribution in [0.3, 0.4) is 0 Å². The maximum Gasteiger partial charge on any atom is 0.231 e. The van der Waals surface area contributed by atoms with Crippen molar-refractivity contribution in [1.29, 1.82) is 0 Å². The summed E-state index contributed by atoms with van der Waals surface area (Å²) in [6.07, 6.45) is 0.820. The van der Waals surface area contributed by atoms with Crippen molar-refractivity contribution in [3.63, 3.8) is 0 Å². The summed E-state index contributed by atoms with van der Waals surface area (Å²) < 4.78 is 17.8. The van der Waals surface area contributed by atoms with E-state index < -0.39 is 12.6 Å². The minimum absolute atomic E-state index is 0.0436. The quantitative estimate of drug-likeness (QED) is 0.219. The molecule has 1 N–H and O–H groups in total. The number of benzene rings is 2. The summed E-state index contributed by atoms with van der Waals surface area (Å²) in [5.74, 6) is -0.409. The van der Waals surface area contributed by atoms with Crippen molar-refractivity contribution in [3.8, 4) is 0 Å². The number of halogens is 1. The third-order valence-corrected chi connectivity index (χ3v) is 6.69. The van der Waals surface area contributed by atoms with E-state index in [9.17, 15) is 4.79 Å². The zero-order valence-corrected chi connectivity index (χ0v) is 21.5. The highest BCUT2D eigenvalue weighted by atomic mass is 35.5. The summed E-state index contributed by atoms with van der Waals surface area (Å²) in [4.78, 5) is 19.3. The lowest BCUT2D eigenvalue weighted by molar-refractivity contribution is -0.241. The second-order valence-electron chi connectivity index (χ2n) is 8.82. The average molecular weight is 510 g/mol. The van der Waals surface area contributed by atoms with E-state index in [1.165, 1.54) is 0 Å². The Morgan fingerprint density at radius 2 is 1.69 bits per heavy atom. The van der Waals surface area contributed by atoms with Crippen LogP contribution in [0.5, 0.6) is 0 Å². The first-order chi connectivity index (χ1) is 17.5. The van der Waals surface area contributed by atoms with Gasteiger partial charge in [0, 0.05) is 26.5 Å². The van der Waals surface area contributed by atoms with Gasteiger partial charge >= 0.3 is 0 Å². The molecule has 2 aromatic carbocycles. The number of hydrogen-bond acceptors (Lipinski definition) is 6. The van der Waals surface area contributed by atoms with Gasteiger partial charge in [0.1, 0.15) is 5.15 Å². The van der Waals surface area contributed by atoms with Crippen LogP contribution < -0.4 is 5.32 Å². The molecule has 1 aromatic heterocycles. The van der Waals surface area contributed by atoms with Gasteiger partial charge in [-0.25, -0.2) is 4.98 Å². The molecule has 3 aromatic rings. The van der Waals surface area contributed by atoms with Gasteiger partial charge in [0.05, 0.1) is 18.6 Å². The molecule has 4 unspecified atom stereocenters.